The summed E-state index contributed by atoms with van der Waals surface area (Å²) in [6.45, 7) is 3.03. The van der Waals surface area contributed by atoms with Crippen LogP contribution >= 0.6 is 11.3 Å². The van der Waals surface area contributed by atoms with Crippen LogP contribution in [0.15, 0.2) is 69.6 Å². The first-order chi connectivity index (χ1) is 16.3. The van der Waals surface area contributed by atoms with Crippen LogP contribution in [0, 0.1) is 0 Å². The van der Waals surface area contributed by atoms with Crippen molar-refractivity contribution in [1.29, 1.82) is 0 Å². The maximum atomic E-state index is 13.6. The number of nitrogens with zero attached hydrogens (tertiary/aromatic N) is 2. The number of aromatic nitrogens is 1. The molecule has 3 aromatic rings. The number of allylic oxidation sites excluding steroid dienone is 1. The molecule has 1 aliphatic heterocycles. The van der Waals surface area contributed by atoms with Crippen LogP contribution in [-0.2, 0) is 14.3 Å². The van der Waals surface area contributed by atoms with Crippen LogP contribution in [0.2, 0.25) is 0 Å². The molecule has 4 rings (SSSR count). The zero-order chi connectivity index (χ0) is 24.4. The van der Waals surface area contributed by atoms with Crippen LogP contribution in [0.4, 0.5) is 0 Å². The molecule has 1 aliphatic rings. The number of thiazole rings is 1. The standard InChI is InChI=1S/C25H22N2O6S/c1-14-21(24(30)32-4)22(16-9-11-18(31-3)12-10-16)27-23(29)20(34-25(27)26-14)13-17-7-5-6-8-19(17)33-15(2)28/h5-13,22H,1-4H3/b20-13+. The monoisotopic (exact) mass is 478 g/mol. The van der Waals surface area contributed by atoms with Gasteiger partial charge < -0.3 is 14.2 Å². The molecule has 0 radical (unpaired) electrons. The van der Waals surface area contributed by atoms with Gasteiger partial charge in [0, 0.05) is 12.5 Å². The Balaban J connectivity index is 1.94. The van der Waals surface area contributed by atoms with Crippen LogP contribution < -0.4 is 24.4 Å². The zero-order valence-corrected chi connectivity index (χ0v) is 19.8. The van der Waals surface area contributed by atoms with Gasteiger partial charge in [0.25, 0.3) is 5.56 Å². The van der Waals surface area contributed by atoms with Gasteiger partial charge in [-0.15, -0.1) is 0 Å². The van der Waals surface area contributed by atoms with Crippen molar-refractivity contribution in [3.63, 3.8) is 0 Å². The van der Waals surface area contributed by atoms with E-state index in [4.69, 9.17) is 14.2 Å². The summed E-state index contributed by atoms with van der Waals surface area (Å²) >= 11 is 1.19. The molecule has 2 heterocycles. The van der Waals surface area contributed by atoms with Gasteiger partial charge in [-0.05, 0) is 36.8 Å². The average Bonchev–Trinajstić information content (AvgIpc) is 3.13. The lowest BCUT2D eigenvalue weighted by atomic mass is 9.96. The average molecular weight is 479 g/mol. The number of rotatable bonds is 5. The number of fused-ring (bicyclic) bond motifs is 1. The Hall–Kier alpha value is -3.98. The Morgan fingerprint density at radius 2 is 1.79 bits per heavy atom. The van der Waals surface area contributed by atoms with Crippen LogP contribution in [-0.4, -0.2) is 30.7 Å². The maximum Gasteiger partial charge on any atom is 0.338 e. The second kappa shape index (κ2) is 9.48. The van der Waals surface area contributed by atoms with Crippen molar-refractivity contribution >= 4 is 29.4 Å². The molecule has 34 heavy (non-hydrogen) atoms. The van der Waals surface area contributed by atoms with E-state index in [1.165, 1.54) is 29.9 Å². The van der Waals surface area contributed by atoms with E-state index in [0.29, 0.717) is 37.7 Å². The molecule has 2 aromatic carbocycles. The molecule has 0 spiro atoms. The van der Waals surface area contributed by atoms with E-state index >= 15 is 0 Å². The van der Waals surface area contributed by atoms with Gasteiger partial charge in [0.2, 0.25) is 0 Å². The summed E-state index contributed by atoms with van der Waals surface area (Å²) in [5, 5.41) is 0. The highest BCUT2D eigenvalue weighted by Gasteiger charge is 2.33. The Bertz CT molecular complexity index is 1480. The molecular weight excluding hydrogens is 456 g/mol. The number of esters is 2. The van der Waals surface area contributed by atoms with E-state index in [1.54, 1.807) is 68.6 Å². The van der Waals surface area contributed by atoms with Crippen molar-refractivity contribution in [3.8, 4) is 11.5 Å². The molecule has 1 atom stereocenters. The predicted octanol–water partition coefficient (Wildman–Crippen LogP) is 2.34. The van der Waals surface area contributed by atoms with E-state index < -0.39 is 18.0 Å². The summed E-state index contributed by atoms with van der Waals surface area (Å²) < 4.78 is 17.4. The highest BCUT2D eigenvalue weighted by Crippen LogP contribution is 2.31. The van der Waals surface area contributed by atoms with Gasteiger partial charge in [-0.2, -0.15) is 0 Å². The van der Waals surface area contributed by atoms with Crippen molar-refractivity contribution in [1.82, 2.24) is 4.57 Å². The van der Waals surface area contributed by atoms with Gasteiger partial charge in [-0.3, -0.25) is 14.2 Å². The van der Waals surface area contributed by atoms with Gasteiger partial charge in [-0.1, -0.05) is 41.7 Å². The first kappa shape index (κ1) is 23.2. The number of methoxy groups -OCH3 is 2. The van der Waals surface area contributed by atoms with Gasteiger partial charge in [-0.25, -0.2) is 9.79 Å². The number of carbonyl (C=O) groups is 2. The van der Waals surface area contributed by atoms with E-state index in [0.717, 1.165) is 0 Å². The molecule has 1 unspecified atom stereocenters. The Labute approximate surface area is 199 Å². The van der Waals surface area contributed by atoms with Gasteiger partial charge in [0.1, 0.15) is 11.5 Å². The number of para-hydroxylation sites is 1. The van der Waals surface area contributed by atoms with Crippen molar-refractivity contribution in [2.45, 2.75) is 19.9 Å². The van der Waals surface area contributed by atoms with Crippen molar-refractivity contribution in [2.75, 3.05) is 14.2 Å². The minimum atomic E-state index is -0.722. The first-order valence-corrected chi connectivity index (χ1v) is 11.2. The summed E-state index contributed by atoms with van der Waals surface area (Å²) in [4.78, 5) is 42.8. The fraction of sp³-hybridized carbons (Fsp3) is 0.200. The third-order valence-corrected chi connectivity index (χ3v) is 6.30. The molecule has 0 amide bonds. The number of hydrogen-bond acceptors (Lipinski definition) is 8. The van der Waals surface area contributed by atoms with E-state index in [-0.39, 0.29) is 11.1 Å². The molecule has 1 aromatic heterocycles. The van der Waals surface area contributed by atoms with Crippen molar-refractivity contribution < 1.29 is 23.8 Å². The smallest absolute Gasteiger partial charge is 0.338 e. The molecule has 9 heteroatoms. The molecule has 0 saturated carbocycles. The fourth-order valence-corrected chi connectivity index (χ4v) is 4.82. The van der Waals surface area contributed by atoms with Crippen molar-refractivity contribution in [2.24, 2.45) is 4.99 Å². The number of ether oxygens (including phenoxy) is 3. The number of hydrogen-bond donors (Lipinski definition) is 0. The third kappa shape index (κ3) is 4.29. The second-order valence-corrected chi connectivity index (χ2v) is 8.49. The fourth-order valence-electron chi connectivity index (χ4n) is 3.78. The molecule has 0 aliphatic carbocycles. The lowest BCUT2D eigenvalue weighted by molar-refractivity contribution is -0.136. The molecular formula is C25H22N2O6S. The molecule has 0 fully saturated rings. The highest BCUT2D eigenvalue weighted by atomic mass is 32.1. The van der Waals surface area contributed by atoms with E-state index in [2.05, 4.69) is 4.99 Å². The zero-order valence-electron chi connectivity index (χ0n) is 19.0. The third-order valence-electron chi connectivity index (χ3n) is 5.32. The second-order valence-electron chi connectivity index (χ2n) is 7.48. The Morgan fingerprint density at radius 3 is 2.44 bits per heavy atom. The van der Waals surface area contributed by atoms with Gasteiger partial charge in [0.15, 0.2) is 4.80 Å². The molecule has 8 nitrogen and oxygen atoms in total. The number of carbonyl (C=O) groups excluding carboxylic acids is 2. The van der Waals surface area contributed by atoms with Crippen LogP contribution in [0.3, 0.4) is 0 Å². The first-order valence-electron chi connectivity index (χ1n) is 10.4. The lowest BCUT2D eigenvalue weighted by Gasteiger charge is -2.24. The topological polar surface area (TPSA) is 96.2 Å². The van der Waals surface area contributed by atoms with E-state index in [9.17, 15) is 14.4 Å². The summed E-state index contributed by atoms with van der Waals surface area (Å²) in [5.74, 6) is -0.0192. The summed E-state index contributed by atoms with van der Waals surface area (Å²) in [5.41, 5.74) is 1.72. The summed E-state index contributed by atoms with van der Waals surface area (Å²) in [6.07, 6.45) is 1.66. The molecule has 174 valence electrons. The van der Waals surface area contributed by atoms with Gasteiger partial charge >= 0.3 is 11.9 Å². The van der Waals surface area contributed by atoms with Crippen molar-refractivity contribution in [3.05, 3.63) is 90.6 Å². The van der Waals surface area contributed by atoms with Crippen LogP contribution in [0.25, 0.3) is 6.08 Å². The lowest BCUT2D eigenvalue weighted by Crippen LogP contribution is -2.39. The quantitative estimate of drug-likeness (QED) is 0.413. The molecule has 0 bridgehead atoms. The molecule has 0 saturated heterocycles. The van der Waals surface area contributed by atoms with E-state index in [1.807, 2.05) is 0 Å². The normalized spacial score (nSPS) is 15.4. The van der Waals surface area contributed by atoms with Crippen LogP contribution in [0.1, 0.15) is 31.0 Å². The van der Waals surface area contributed by atoms with Crippen LogP contribution in [0.5, 0.6) is 11.5 Å². The largest absolute Gasteiger partial charge is 0.497 e. The highest BCUT2D eigenvalue weighted by molar-refractivity contribution is 7.07. The Kier molecular flexibility index (Phi) is 6.47. The summed E-state index contributed by atoms with van der Waals surface area (Å²) in [6, 6.07) is 13.4. The SMILES string of the molecule is COC(=O)C1=C(C)N=c2s/c(=C/c3ccccc3OC(C)=O)c(=O)n2C1c1ccc(OC)cc1. The van der Waals surface area contributed by atoms with Gasteiger partial charge in [0.05, 0.1) is 36.1 Å². The predicted molar refractivity (Wildman–Crippen MR) is 127 cm³/mol. The minimum absolute atomic E-state index is 0.284. The summed E-state index contributed by atoms with van der Waals surface area (Å²) in [7, 11) is 2.86. The molecule has 0 N–H and O–H groups in total. The maximum absolute atomic E-state index is 13.6. The number of benzene rings is 2. The minimum Gasteiger partial charge on any atom is -0.497 e. The Morgan fingerprint density at radius 1 is 1.09 bits per heavy atom.